The van der Waals surface area contributed by atoms with E-state index < -0.39 is 0 Å². The summed E-state index contributed by atoms with van der Waals surface area (Å²) in [4.78, 5) is 13.3. The van der Waals surface area contributed by atoms with Gasteiger partial charge in [-0.3, -0.25) is 4.79 Å². The molecule has 19 heavy (non-hydrogen) atoms. The van der Waals surface area contributed by atoms with Crippen molar-refractivity contribution in [1.29, 1.82) is 0 Å². The Morgan fingerprint density at radius 3 is 2.74 bits per heavy atom. The molecule has 0 fully saturated rings. The molecule has 1 heterocycles. The van der Waals surface area contributed by atoms with Crippen LogP contribution in [0.1, 0.15) is 28.4 Å². The molecule has 2 aromatic carbocycles. The summed E-state index contributed by atoms with van der Waals surface area (Å²) in [6.45, 7) is 3.14. The van der Waals surface area contributed by atoms with Crippen LogP contribution in [-0.2, 0) is 13.0 Å². The van der Waals surface area contributed by atoms with Crippen LogP contribution in [0.25, 0.3) is 0 Å². The van der Waals surface area contributed by atoms with E-state index in [0.717, 1.165) is 24.8 Å². The Morgan fingerprint density at radius 1 is 1.21 bits per heavy atom. The summed E-state index contributed by atoms with van der Waals surface area (Å²) in [7, 11) is 0. The van der Waals surface area contributed by atoms with Gasteiger partial charge in [-0.2, -0.15) is 0 Å². The quantitative estimate of drug-likeness (QED) is 0.779. The summed E-state index contributed by atoms with van der Waals surface area (Å²) in [5.74, 6) is 0. The van der Waals surface area contributed by atoms with Gasteiger partial charge in [-0.25, -0.2) is 0 Å². The third-order valence-electron chi connectivity index (χ3n) is 3.80. The summed E-state index contributed by atoms with van der Waals surface area (Å²) in [5, 5.41) is 0. The first-order valence-electron chi connectivity index (χ1n) is 6.66. The van der Waals surface area contributed by atoms with Crippen molar-refractivity contribution in [2.75, 3.05) is 4.90 Å². The number of hydrogen-bond donors (Lipinski definition) is 0. The first kappa shape index (κ1) is 12.0. The van der Waals surface area contributed by atoms with Crippen LogP contribution in [0.3, 0.4) is 0 Å². The van der Waals surface area contributed by atoms with Crippen molar-refractivity contribution in [3.05, 3.63) is 65.2 Å². The fourth-order valence-corrected chi connectivity index (χ4v) is 2.78. The molecule has 2 aromatic rings. The van der Waals surface area contributed by atoms with Crippen molar-refractivity contribution < 1.29 is 4.79 Å². The summed E-state index contributed by atoms with van der Waals surface area (Å²) < 4.78 is 0. The van der Waals surface area contributed by atoms with E-state index in [2.05, 4.69) is 42.2 Å². The first-order chi connectivity index (χ1) is 9.28. The molecule has 1 aliphatic heterocycles. The molecule has 0 spiro atoms. The molecular formula is C17H17NO. The second kappa shape index (κ2) is 4.88. The third-order valence-corrected chi connectivity index (χ3v) is 3.80. The molecule has 0 unspecified atom stereocenters. The summed E-state index contributed by atoms with van der Waals surface area (Å²) in [6.07, 6.45) is 1.98. The van der Waals surface area contributed by atoms with Crippen molar-refractivity contribution in [3.8, 4) is 0 Å². The molecule has 1 atom stereocenters. The molecule has 0 amide bonds. The number of hydrogen-bond acceptors (Lipinski definition) is 2. The van der Waals surface area contributed by atoms with Gasteiger partial charge in [0.1, 0.15) is 6.29 Å². The fourth-order valence-electron chi connectivity index (χ4n) is 2.78. The highest BCUT2D eigenvalue weighted by Gasteiger charge is 2.25. The number of nitrogens with zero attached hydrogens (tertiary/aromatic N) is 1. The Kier molecular flexibility index (Phi) is 3.08. The lowest BCUT2D eigenvalue weighted by molar-refractivity contribution is 0.112. The second-order valence-electron chi connectivity index (χ2n) is 5.17. The van der Waals surface area contributed by atoms with Crippen molar-refractivity contribution in [2.24, 2.45) is 0 Å². The van der Waals surface area contributed by atoms with Crippen LogP contribution in [0.2, 0.25) is 0 Å². The predicted octanol–water partition coefficient (Wildman–Crippen LogP) is 3.45. The van der Waals surface area contributed by atoms with Gasteiger partial charge < -0.3 is 4.90 Å². The minimum absolute atomic E-state index is 0.483. The average Bonchev–Trinajstić information content (AvgIpc) is 2.76. The number of rotatable bonds is 3. The van der Waals surface area contributed by atoms with Crippen LogP contribution in [0, 0.1) is 0 Å². The number of benzene rings is 2. The largest absolute Gasteiger partial charge is 0.364 e. The van der Waals surface area contributed by atoms with Crippen LogP contribution in [0.15, 0.2) is 48.5 Å². The topological polar surface area (TPSA) is 20.3 Å². The van der Waals surface area contributed by atoms with Gasteiger partial charge in [0, 0.05) is 23.8 Å². The molecule has 0 radical (unpaired) electrons. The standard InChI is InChI=1S/C17H17NO/c1-13-9-16-8-7-15(12-19)10-17(16)18(13)11-14-5-3-2-4-6-14/h2-8,10,12-13H,9,11H2,1H3/t13-/m1/s1. The molecule has 1 aliphatic rings. The Morgan fingerprint density at radius 2 is 2.00 bits per heavy atom. The number of carbonyl (C=O) groups is 1. The monoisotopic (exact) mass is 251 g/mol. The Hall–Kier alpha value is -2.09. The fraction of sp³-hybridized carbons (Fsp3) is 0.235. The summed E-state index contributed by atoms with van der Waals surface area (Å²) in [5.41, 5.74) is 4.61. The summed E-state index contributed by atoms with van der Waals surface area (Å²) >= 11 is 0. The highest BCUT2D eigenvalue weighted by Crippen LogP contribution is 2.33. The lowest BCUT2D eigenvalue weighted by Crippen LogP contribution is -2.28. The summed E-state index contributed by atoms with van der Waals surface area (Å²) in [6, 6.07) is 17.0. The van der Waals surface area contributed by atoms with E-state index in [1.807, 2.05) is 18.2 Å². The maximum Gasteiger partial charge on any atom is 0.150 e. The SMILES string of the molecule is C[C@@H]1Cc2ccc(C=O)cc2N1Cc1ccccc1. The number of aldehydes is 1. The normalized spacial score (nSPS) is 17.3. The van der Waals surface area contributed by atoms with E-state index >= 15 is 0 Å². The second-order valence-corrected chi connectivity index (χ2v) is 5.17. The van der Waals surface area contributed by atoms with E-state index in [-0.39, 0.29) is 0 Å². The molecule has 96 valence electrons. The van der Waals surface area contributed by atoms with Crippen molar-refractivity contribution in [1.82, 2.24) is 0 Å². The zero-order valence-electron chi connectivity index (χ0n) is 11.0. The van der Waals surface area contributed by atoms with Gasteiger partial charge in [-0.15, -0.1) is 0 Å². The Balaban J connectivity index is 1.93. The van der Waals surface area contributed by atoms with Gasteiger partial charge in [-0.1, -0.05) is 42.5 Å². The van der Waals surface area contributed by atoms with E-state index in [1.165, 1.54) is 16.8 Å². The van der Waals surface area contributed by atoms with Crippen LogP contribution >= 0.6 is 0 Å². The highest BCUT2D eigenvalue weighted by molar-refractivity contribution is 5.79. The van der Waals surface area contributed by atoms with Crippen LogP contribution in [0.5, 0.6) is 0 Å². The minimum Gasteiger partial charge on any atom is -0.364 e. The molecule has 0 bridgehead atoms. The molecule has 2 nitrogen and oxygen atoms in total. The van der Waals surface area contributed by atoms with E-state index in [0.29, 0.717) is 6.04 Å². The molecule has 3 rings (SSSR count). The molecule has 0 N–H and O–H groups in total. The number of anilines is 1. The van der Waals surface area contributed by atoms with Gasteiger partial charge in [0.2, 0.25) is 0 Å². The van der Waals surface area contributed by atoms with Crippen molar-refractivity contribution in [3.63, 3.8) is 0 Å². The Labute approximate surface area is 113 Å². The molecule has 0 aliphatic carbocycles. The van der Waals surface area contributed by atoms with Gasteiger partial charge >= 0.3 is 0 Å². The average molecular weight is 251 g/mol. The van der Waals surface area contributed by atoms with Gasteiger partial charge in [0.15, 0.2) is 0 Å². The van der Waals surface area contributed by atoms with Crippen LogP contribution in [-0.4, -0.2) is 12.3 Å². The van der Waals surface area contributed by atoms with Gasteiger partial charge in [0.25, 0.3) is 0 Å². The van der Waals surface area contributed by atoms with E-state index in [4.69, 9.17) is 0 Å². The minimum atomic E-state index is 0.483. The van der Waals surface area contributed by atoms with Crippen LogP contribution in [0.4, 0.5) is 5.69 Å². The van der Waals surface area contributed by atoms with E-state index in [9.17, 15) is 4.79 Å². The third kappa shape index (κ3) is 2.26. The molecule has 0 saturated heterocycles. The van der Waals surface area contributed by atoms with E-state index in [1.54, 1.807) is 0 Å². The van der Waals surface area contributed by atoms with Crippen molar-refractivity contribution >= 4 is 12.0 Å². The lowest BCUT2D eigenvalue weighted by Gasteiger charge is -2.25. The Bertz CT molecular complexity index is 591. The van der Waals surface area contributed by atoms with Crippen LogP contribution < -0.4 is 4.90 Å². The highest BCUT2D eigenvalue weighted by atomic mass is 16.1. The zero-order valence-corrected chi connectivity index (χ0v) is 11.0. The van der Waals surface area contributed by atoms with Crippen molar-refractivity contribution in [2.45, 2.75) is 25.9 Å². The molecule has 2 heteroatoms. The maximum absolute atomic E-state index is 10.9. The first-order valence-corrected chi connectivity index (χ1v) is 6.66. The number of carbonyl (C=O) groups excluding carboxylic acids is 1. The number of fused-ring (bicyclic) bond motifs is 1. The molecule has 0 aromatic heterocycles. The zero-order chi connectivity index (χ0) is 13.2. The maximum atomic E-state index is 10.9. The smallest absolute Gasteiger partial charge is 0.150 e. The molecule has 0 saturated carbocycles. The molecular weight excluding hydrogens is 234 g/mol. The van der Waals surface area contributed by atoms with Gasteiger partial charge in [-0.05, 0) is 30.5 Å². The lowest BCUT2D eigenvalue weighted by atomic mass is 10.1. The predicted molar refractivity (Wildman–Crippen MR) is 77.6 cm³/mol. The van der Waals surface area contributed by atoms with Gasteiger partial charge in [0.05, 0.1) is 0 Å².